The fraction of sp³-hybridized carbons (Fsp3) is 0.278. The summed E-state index contributed by atoms with van der Waals surface area (Å²) in [5.41, 5.74) is 3.84. The van der Waals surface area contributed by atoms with Gasteiger partial charge in [0.05, 0.1) is 17.7 Å². The van der Waals surface area contributed by atoms with Gasteiger partial charge in [-0.2, -0.15) is 5.10 Å². The van der Waals surface area contributed by atoms with Gasteiger partial charge in [-0.3, -0.25) is 4.98 Å². The molecule has 0 radical (unpaired) electrons. The van der Waals surface area contributed by atoms with Crippen LogP contribution in [0.15, 0.2) is 49.4 Å². The molecule has 1 unspecified atom stereocenters. The van der Waals surface area contributed by atoms with Gasteiger partial charge in [0.1, 0.15) is 18.2 Å². The molecule has 126 valence electrons. The third-order valence-corrected chi connectivity index (χ3v) is 4.17. The number of hydrogen-bond donors (Lipinski definition) is 0. The van der Waals surface area contributed by atoms with Crippen molar-refractivity contribution in [3.8, 4) is 0 Å². The SMILES string of the molecule is CCCc1c(C(c2ccccn2)n2ccnc2)ncn2nc(C)nc12. The largest absolute Gasteiger partial charge is 0.323 e. The standard InChI is InChI=1S/C18H19N7/c1-3-6-14-16(21-12-25-18(14)22-13(2)23-25)17(24-10-9-19-11-24)15-7-4-5-8-20-15/h4-5,7-12,17H,3,6H2,1-2H3. The number of imidazole rings is 1. The van der Waals surface area contributed by atoms with Crippen LogP contribution >= 0.6 is 0 Å². The van der Waals surface area contributed by atoms with Gasteiger partial charge < -0.3 is 4.57 Å². The highest BCUT2D eigenvalue weighted by Crippen LogP contribution is 2.28. The summed E-state index contributed by atoms with van der Waals surface area (Å²) in [5, 5.41) is 4.40. The summed E-state index contributed by atoms with van der Waals surface area (Å²) in [6.07, 6.45) is 10.9. The van der Waals surface area contributed by atoms with E-state index >= 15 is 0 Å². The van der Waals surface area contributed by atoms with Gasteiger partial charge in [0.25, 0.3) is 0 Å². The Balaban J connectivity index is 1.97. The summed E-state index contributed by atoms with van der Waals surface area (Å²) in [6.45, 7) is 4.05. The van der Waals surface area contributed by atoms with Gasteiger partial charge in [0.15, 0.2) is 5.65 Å². The molecule has 25 heavy (non-hydrogen) atoms. The number of hydrogen-bond acceptors (Lipinski definition) is 5. The van der Waals surface area contributed by atoms with Crippen LogP contribution in [0.2, 0.25) is 0 Å². The minimum Gasteiger partial charge on any atom is -0.323 e. The Morgan fingerprint density at radius 3 is 2.76 bits per heavy atom. The normalized spacial score (nSPS) is 12.6. The lowest BCUT2D eigenvalue weighted by atomic mass is 10.0. The summed E-state index contributed by atoms with van der Waals surface area (Å²) in [6, 6.07) is 5.78. The zero-order valence-corrected chi connectivity index (χ0v) is 14.2. The molecule has 0 fully saturated rings. The van der Waals surface area contributed by atoms with E-state index in [2.05, 4.69) is 27.0 Å². The highest BCUT2D eigenvalue weighted by molar-refractivity contribution is 5.51. The lowest BCUT2D eigenvalue weighted by molar-refractivity contribution is 0.624. The van der Waals surface area contributed by atoms with Crippen molar-refractivity contribution in [2.24, 2.45) is 0 Å². The van der Waals surface area contributed by atoms with E-state index in [0.717, 1.165) is 41.3 Å². The van der Waals surface area contributed by atoms with Crippen LogP contribution in [0, 0.1) is 6.92 Å². The summed E-state index contributed by atoms with van der Waals surface area (Å²) >= 11 is 0. The average Bonchev–Trinajstić information content (AvgIpc) is 3.27. The molecule has 0 amide bonds. The molecule has 7 heteroatoms. The number of aryl methyl sites for hydroxylation is 2. The van der Waals surface area contributed by atoms with Gasteiger partial charge in [0.2, 0.25) is 0 Å². The molecule has 4 aromatic heterocycles. The predicted molar refractivity (Wildman–Crippen MR) is 93.2 cm³/mol. The second kappa shape index (κ2) is 6.43. The first-order valence-electron chi connectivity index (χ1n) is 8.37. The molecule has 0 bridgehead atoms. The van der Waals surface area contributed by atoms with Crippen molar-refractivity contribution in [2.45, 2.75) is 32.7 Å². The summed E-state index contributed by atoms with van der Waals surface area (Å²) in [5.74, 6) is 0.744. The Morgan fingerprint density at radius 2 is 2.04 bits per heavy atom. The van der Waals surface area contributed by atoms with E-state index in [1.807, 2.05) is 35.9 Å². The van der Waals surface area contributed by atoms with Crippen LogP contribution in [0.1, 0.15) is 42.2 Å². The van der Waals surface area contributed by atoms with Gasteiger partial charge in [0, 0.05) is 24.2 Å². The Bertz CT molecular complexity index is 974. The van der Waals surface area contributed by atoms with E-state index in [1.165, 1.54) is 0 Å². The lowest BCUT2D eigenvalue weighted by Crippen LogP contribution is -2.17. The Hall–Kier alpha value is -3.09. The molecular formula is C18H19N7. The van der Waals surface area contributed by atoms with Crippen molar-refractivity contribution in [2.75, 3.05) is 0 Å². The molecule has 7 nitrogen and oxygen atoms in total. The van der Waals surface area contributed by atoms with E-state index in [0.29, 0.717) is 0 Å². The second-order valence-electron chi connectivity index (χ2n) is 5.95. The minimum atomic E-state index is -0.146. The van der Waals surface area contributed by atoms with Crippen LogP contribution in [0.4, 0.5) is 0 Å². The van der Waals surface area contributed by atoms with Crippen LogP contribution in [-0.4, -0.2) is 34.1 Å². The van der Waals surface area contributed by atoms with Crippen molar-refractivity contribution in [3.05, 3.63) is 72.2 Å². The van der Waals surface area contributed by atoms with Crippen molar-refractivity contribution in [1.29, 1.82) is 0 Å². The molecule has 1 atom stereocenters. The van der Waals surface area contributed by atoms with Crippen molar-refractivity contribution >= 4 is 5.65 Å². The fourth-order valence-corrected chi connectivity index (χ4v) is 3.15. The molecule has 0 aliphatic carbocycles. The number of nitrogens with zero attached hydrogens (tertiary/aromatic N) is 7. The monoisotopic (exact) mass is 333 g/mol. The maximum atomic E-state index is 4.74. The molecule has 0 saturated carbocycles. The first kappa shape index (κ1) is 15.4. The van der Waals surface area contributed by atoms with Crippen LogP contribution in [0.3, 0.4) is 0 Å². The van der Waals surface area contributed by atoms with E-state index < -0.39 is 0 Å². The van der Waals surface area contributed by atoms with E-state index in [9.17, 15) is 0 Å². The van der Waals surface area contributed by atoms with Crippen LogP contribution in [0.25, 0.3) is 5.65 Å². The predicted octanol–water partition coefficient (Wildman–Crippen LogP) is 2.61. The minimum absolute atomic E-state index is 0.146. The average molecular weight is 333 g/mol. The van der Waals surface area contributed by atoms with Crippen LogP contribution < -0.4 is 0 Å². The van der Waals surface area contributed by atoms with Crippen molar-refractivity contribution in [3.63, 3.8) is 0 Å². The number of rotatable bonds is 5. The van der Waals surface area contributed by atoms with Crippen LogP contribution in [0.5, 0.6) is 0 Å². The zero-order valence-electron chi connectivity index (χ0n) is 14.2. The van der Waals surface area contributed by atoms with Gasteiger partial charge in [-0.15, -0.1) is 0 Å². The highest BCUT2D eigenvalue weighted by Gasteiger charge is 2.24. The lowest BCUT2D eigenvalue weighted by Gasteiger charge is -2.20. The Labute approximate surface area is 145 Å². The molecule has 4 aromatic rings. The van der Waals surface area contributed by atoms with Crippen molar-refractivity contribution in [1.82, 2.24) is 34.1 Å². The highest BCUT2D eigenvalue weighted by atomic mass is 15.3. The molecule has 4 rings (SSSR count). The third-order valence-electron chi connectivity index (χ3n) is 4.17. The molecule has 0 spiro atoms. The molecule has 0 aromatic carbocycles. The fourth-order valence-electron chi connectivity index (χ4n) is 3.15. The number of pyridine rings is 1. The smallest absolute Gasteiger partial charge is 0.162 e. The number of fused-ring (bicyclic) bond motifs is 1. The molecule has 0 aliphatic rings. The van der Waals surface area contributed by atoms with E-state index in [-0.39, 0.29) is 6.04 Å². The maximum Gasteiger partial charge on any atom is 0.162 e. The summed E-state index contributed by atoms with van der Waals surface area (Å²) in [4.78, 5) is 18.1. The molecular weight excluding hydrogens is 314 g/mol. The Morgan fingerprint density at radius 1 is 1.12 bits per heavy atom. The van der Waals surface area contributed by atoms with Gasteiger partial charge in [-0.1, -0.05) is 19.4 Å². The zero-order chi connectivity index (χ0) is 17.2. The third kappa shape index (κ3) is 2.77. The molecule has 0 N–H and O–H groups in total. The number of aromatic nitrogens is 7. The first-order valence-corrected chi connectivity index (χ1v) is 8.37. The second-order valence-corrected chi connectivity index (χ2v) is 5.95. The topological polar surface area (TPSA) is 73.8 Å². The summed E-state index contributed by atoms with van der Waals surface area (Å²) < 4.78 is 3.79. The van der Waals surface area contributed by atoms with Gasteiger partial charge >= 0.3 is 0 Å². The molecule has 4 heterocycles. The first-order chi connectivity index (χ1) is 12.3. The Kier molecular flexibility index (Phi) is 3.97. The maximum absolute atomic E-state index is 4.74. The van der Waals surface area contributed by atoms with Gasteiger partial charge in [-0.05, 0) is 25.5 Å². The van der Waals surface area contributed by atoms with E-state index in [1.54, 1.807) is 29.6 Å². The van der Waals surface area contributed by atoms with Gasteiger partial charge in [-0.25, -0.2) is 19.5 Å². The molecule has 0 saturated heterocycles. The van der Waals surface area contributed by atoms with Crippen LogP contribution in [-0.2, 0) is 6.42 Å². The van der Waals surface area contributed by atoms with Crippen molar-refractivity contribution < 1.29 is 0 Å². The van der Waals surface area contributed by atoms with E-state index in [4.69, 9.17) is 4.98 Å². The summed E-state index contributed by atoms with van der Waals surface area (Å²) in [7, 11) is 0. The molecule has 0 aliphatic heterocycles. The quantitative estimate of drug-likeness (QED) is 0.561.